The second-order valence-electron chi connectivity index (χ2n) is 3.52. The normalized spacial score (nSPS) is 11.1. The largest absolute Gasteiger partial charge is 0.491 e. The van der Waals surface area contributed by atoms with E-state index in [0.29, 0.717) is 5.39 Å². The number of para-hydroxylation sites is 1. The first-order valence-corrected chi connectivity index (χ1v) is 5.00. The van der Waals surface area contributed by atoms with Crippen molar-refractivity contribution in [2.24, 2.45) is 0 Å². The molecule has 4 nitrogen and oxygen atoms in total. The minimum absolute atomic E-state index is 0.0167. The van der Waals surface area contributed by atoms with Crippen LogP contribution in [-0.4, -0.2) is 17.1 Å². The molecule has 19 heavy (non-hydrogen) atoms. The van der Waals surface area contributed by atoms with Gasteiger partial charge in [0.15, 0.2) is 5.75 Å². The average Bonchev–Trinajstić information content (AvgIpc) is 2.37. The van der Waals surface area contributed by atoms with Gasteiger partial charge in [-0.2, -0.15) is 18.4 Å². The summed E-state index contributed by atoms with van der Waals surface area (Å²) in [6.45, 7) is 0. The summed E-state index contributed by atoms with van der Waals surface area (Å²) in [5.41, 5.74) is 0.0437. The highest BCUT2D eigenvalue weighted by atomic mass is 19.4. The maximum Gasteiger partial charge on any atom is 0.491 e. The van der Waals surface area contributed by atoms with E-state index in [1.54, 1.807) is 12.1 Å². The van der Waals surface area contributed by atoms with Crippen LogP contribution >= 0.6 is 0 Å². The van der Waals surface area contributed by atoms with Crippen molar-refractivity contribution in [3.8, 4) is 11.8 Å². The molecule has 1 heterocycles. The van der Waals surface area contributed by atoms with Gasteiger partial charge in [-0.3, -0.25) is 0 Å². The van der Waals surface area contributed by atoms with E-state index in [4.69, 9.17) is 5.26 Å². The van der Waals surface area contributed by atoms with Crippen LogP contribution in [0, 0.1) is 11.3 Å². The molecule has 0 spiro atoms. The number of carbonyl (C=O) groups excluding carboxylic acids is 1. The quantitative estimate of drug-likeness (QED) is 0.587. The molecule has 0 aliphatic heterocycles. The number of hydrogen-bond donors (Lipinski definition) is 0. The number of rotatable bonds is 1. The Balaban J connectivity index is 2.49. The fourth-order valence-corrected chi connectivity index (χ4v) is 1.42. The van der Waals surface area contributed by atoms with Crippen LogP contribution in [0.15, 0.2) is 30.3 Å². The van der Waals surface area contributed by atoms with Gasteiger partial charge in [-0.25, -0.2) is 9.78 Å². The first kappa shape index (κ1) is 12.8. The summed E-state index contributed by atoms with van der Waals surface area (Å²) in [4.78, 5) is 14.6. The molecule has 0 N–H and O–H groups in total. The maximum atomic E-state index is 12.1. The molecule has 0 amide bonds. The zero-order chi connectivity index (χ0) is 14.0. The number of esters is 1. The number of fused-ring (bicyclic) bond motifs is 1. The Morgan fingerprint density at radius 3 is 2.63 bits per heavy atom. The molecule has 0 fully saturated rings. The lowest BCUT2D eigenvalue weighted by Crippen LogP contribution is -2.28. The number of halogens is 3. The molecule has 0 unspecified atom stereocenters. The fourth-order valence-electron chi connectivity index (χ4n) is 1.42. The minimum atomic E-state index is -5.09. The molecule has 2 aromatic rings. The topological polar surface area (TPSA) is 63.0 Å². The van der Waals surface area contributed by atoms with Crippen molar-refractivity contribution in [1.29, 1.82) is 5.26 Å². The second kappa shape index (κ2) is 4.57. The zero-order valence-corrected chi connectivity index (χ0v) is 9.23. The number of aromatic nitrogens is 1. The highest BCUT2D eigenvalue weighted by Crippen LogP contribution is 2.26. The van der Waals surface area contributed by atoms with Crippen molar-refractivity contribution in [3.05, 3.63) is 36.0 Å². The molecule has 96 valence electrons. The highest BCUT2D eigenvalue weighted by molar-refractivity contribution is 5.88. The number of hydrogen-bond acceptors (Lipinski definition) is 4. The van der Waals surface area contributed by atoms with E-state index in [2.05, 4.69) is 9.72 Å². The van der Waals surface area contributed by atoms with Crippen LogP contribution in [0.2, 0.25) is 0 Å². The lowest BCUT2D eigenvalue weighted by Gasteiger charge is -2.08. The Morgan fingerprint density at radius 1 is 1.26 bits per heavy atom. The number of alkyl halides is 3. The van der Waals surface area contributed by atoms with E-state index in [9.17, 15) is 18.0 Å². The van der Waals surface area contributed by atoms with Crippen LogP contribution in [0.3, 0.4) is 0 Å². The monoisotopic (exact) mass is 266 g/mol. The number of nitriles is 1. The molecule has 0 bridgehead atoms. The van der Waals surface area contributed by atoms with Crippen LogP contribution in [-0.2, 0) is 4.79 Å². The van der Waals surface area contributed by atoms with Crippen LogP contribution in [0.4, 0.5) is 13.2 Å². The molecule has 0 saturated carbocycles. The molecule has 0 radical (unpaired) electrons. The first-order valence-electron chi connectivity index (χ1n) is 5.00. The van der Waals surface area contributed by atoms with E-state index >= 15 is 0 Å². The lowest BCUT2D eigenvalue weighted by atomic mass is 10.2. The molecule has 7 heteroatoms. The van der Waals surface area contributed by atoms with Gasteiger partial charge in [-0.15, -0.1) is 0 Å². The zero-order valence-electron chi connectivity index (χ0n) is 9.23. The van der Waals surface area contributed by atoms with E-state index in [1.165, 1.54) is 24.3 Å². The minimum Gasteiger partial charge on any atom is -0.418 e. The Morgan fingerprint density at radius 2 is 2.00 bits per heavy atom. The number of nitrogens with zero attached hydrogens (tertiary/aromatic N) is 2. The van der Waals surface area contributed by atoms with Gasteiger partial charge in [-0.05, 0) is 18.2 Å². The van der Waals surface area contributed by atoms with Crippen LogP contribution < -0.4 is 4.74 Å². The third-order valence-corrected chi connectivity index (χ3v) is 2.23. The van der Waals surface area contributed by atoms with E-state index in [0.717, 1.165) is 0 Å². The van der Waals surface area contributed by atoms with Gasteiger partial charge in [0.05, 0.1) is 0 Å². The molecule has 0 aliphatic rings. The Kier molecular flexibility index (Phi) is 3.09. The van der Waals surface area contributed by atoms with E-state index < -0.39 is 12.1 Å². The summed E-state index contributed by atoms with van der Waals surface area (Å²) in [6, 6.07) is 8.86. The lowest BCUT2D eigenvalue weighted by molar-refractivity contribution is -0.189. The fraction of sp³-hybridized carbons (Fsp3) is 0.0833. The van der Waals surface area contributed by atoms with Crippen molar-refractivity contribution in [2.75, 3.05) is 0 Å². The van der Waals surface area contributed by atoms with Gasteiger partial charge in [0, 0.05) is 5.39 Å². The van der Waals surface area contributed by atoms with Crippen LogP contribution in [0.5, 0.6) is 5.75 Å². The molecule has 0 saturated heterocycles. The van der Waals surface area contributed by atoms with Gasteiger partial charge < -0.3 is 4.74 Å². The van der Waals surface area contributed by atoms with Crippen molar-refractivity contribution in [2.45, 2.75) is 6.18 Å². The molecule has 2 rings (SSSR count). The SMILES string of the molecule is N#Cc1ccc2cccc(OC(=O)C(F)(F)F)c2n1. The summed E-state index contributed by atoms with van der Waals surface area (Å²) in [7, 11) is 0. The van der Waals surface area contributed by atoms with Crippen molar-refractivity contribution >= 4 is 16.9 Å². The Bertz CT molecular complexity index is 689. The number of ether oxygens (including phenoxy) is 1. The molecule has 1 aromatic carbocycles. The van der Waals surface area contributed by atoms with Gasteiger partial charge in [-0.1, -0.05) is 12.1 Å². The van der Waals surface area contributed by atoms with Crippen LogP contribution in [0.25, 0.3) is 10.9 Å². The maximum absolute atomic E-state index is 12.1. The van der Waals surface area contributed by atoms with Crippen molar-refractivity contribution in [1.82, 2.24) is 4.98 Å². The third-order valence-electron chi connectivity index (χ3n) is 2.23. The van der Waals surface area contributed by atoms with Crippen molar-refractivity contribution < 1.29 is 22.7 Å². The highest BCUT2D eigenvalue weighted by Gasteiger charge is 2.41. The molecule has 0 aliphatic carbocycles. The van der Waals surface area contributed by atoms with Gasteiger partial charge in [0.2, 0.25) is 0 Å². The predicted molar refractivity (Wildman–Crippen MR) is 58.1 cm³/mol. The standard InChI is InChI=1S/C12H5F3N2O2/c13-12(14,15)11(18)19-9-3-1-2-7-4-5-8(6-16)17-10(7)9/h1-5H. The van der Waals surface area contributed by atoms with E-state index in [-0.39, 0.29) is 17.0 Å². The third kappa shape index (κ3) is 2.63. The van der Waals surface area contributed by atoms with Gasteiger partial charge in [0.25, 0.3) is 0 Å². The number of carbonyl (C=O) groups is 1. The van der Waals surface area contributed by atoms with Crippen molar-refractivity contribution in [3.63, 3.8) is 0 Å². The molecular weight excluding hydrogens is 261 g/mol. The summed E-state index contributed by atoms with van der Waals surface area (Å²) in [5, 5.41) is 9.16. The summed E-state index contributed by atoms with van der Waals surface area (Å²) in [6.07, 6.45) is -5.09. The van der Waals surface area contributed by atoms with Gasteiger partial charge >= 0.3 is 12.1 Å². The smallest absolute Gasteiger partial charge is 0.418 e. The van der Waals surface area contributed by atoms with E-state index in [1.807, 2.05) is 0 Å². The number of pyridine rings is 1. The summed E-state index contributed by atoms with van der Waals surface area (Å²) in [5.74, 6) is -2.67. The second-order valence-corrected chi connectivity index (χ2v) is 3.52. The molecule has 0 atom stereocenters. The van der Waals surface area contributed by atoms with Gasteiger partial charge in [0.1, 0.15) is 17.3 Å². The summed E-state index contributed by atoms with van der Waals surface area (Å²) >= 11 is 0. The first-order chi connectivity index (χ1) is 8.91. The van der Waals surface area contributed by atoms with Crippen LogP contribution in [0.1, 0.15) is 5.69 Å². The molecule has 1 aromatic heterocycles. The average molecular weight is 266 g/mol. The Hall–Kier alpha value is -2.62. The summed E-state index contributed by atoms with van der Waals surface area (Å²) < 4.78 is 40.7. The Labute approximate surface area is 105 Å². The molecular formula is C12H5F3N2O2. The number of benzene rings is 1. The predicted octanol–water partition coefficient (Wildman–Crippen LogP) is 2.57.